The first-order chi connectivity index (χ1) is 17.2. The van der Waals surface area contributed by atoms with Gasteiger partial charge in [0.25, 0.3) is 5.91 Å². The highest BCUT2D eigenvalue weighted by molar-refractivity contribution is 5.99. The Kier molecular flexibility index (Phi) is 9.98. The summed E-state index contributed by atoms with van der Waals surface area (Å²) in [6.45, 7) is 6.84. The molecule has 4 amide bonds. The molecular formula is C27H42N4O5. The van der Waals surface area contributed by atoms with E-state index in [0.29, 0.717) is 36.5 Å². The molecule has 0 aromatic heterocycles. The van der Waals surface area contributed by atoms with E-state index in [-0.39, 0.29) is 48.6 Å². The number of nitrogens with one attached hydrogen (secondary N) is 2. The summed E-state index contributed by atoms with van der Waals surface area (Å²) < 4.78 is 11.9. The second-order valence-electron chi connectivity index (χ2n) is 10.1. The number of carbonyl (C=O) groups is 3. The molecule has 0 saturated heterocycles. The van der Waals surface area contributed by atoms with E-state index in [2.05, 4.69) is 10.6 Å². The molecule has 1 aliphatic carbocycles. The van der Waals surface area contributed by atoms with Crippen LogP contribution in [-0.2, 0) is 9.53 Å². The smallest absolute Gasteiger partial charge is 0.317 e. The van der Waals surface area contributed by atoms with E-state index in [9.17, 15) is 14.4 Å². The third-order valence-corrected chi connectivity index (χ3v) is 7.24. The molecule has 1 heterocycles. The van der Waals surface area contributed by atoms with Gasteiger partial charge in [-0.05, 0) is 38.0 Å². The van der Waals surface area contributed by atoms with Crippen LogP contribution in [0.25, 0.3) is 0 Å². The third-order valence-electron chi connectivity index (χ3n) is 7.24. The van der Waals surface area contributed by atoms with Gasteiger partial charge in [-0.1, -0.05) is 33.1 Å². The molecule has 0 bridgehead atoms. The molecule has 1 aliphatic heterocycles. The lowest BCUT2D eigenvalue weighted by atomic mass is 9.95. The Hall–Kier alpha value is -2.81. The Morgan fingerprint density at radius 1 is 1.14 bits per heavy atom. The minimum Gasteiger partial charge on any atom is -0.491 e. The first-order valence-corrected chi connectivity index (χ1v) is 13.2. The number of urea groups is 1. The molecule has 0 unspecified atom stereocenters. The van der Waals surface area contributed by atoms with Gasteiger partial charge in [0.15, 0.2) is 0 Å². The highest BCUT2D eigenvalue weighted by Gasteiger charge is 2.31. The molecule has 1 aromatic rings. The van der Waals surface area contributed by atoms with E-state index in [1.54, 1.807) is 44.2 Å². The molecule has 2 aliphatic rings. The minimum atomic E-state index is -0.261. The summed E-state index contributed by atoms with van der Waals surface area (Å²) in [4.78, 5) is 42.1. The van der Waals surface area contributed by atoms with Crippen LogP contribution in [0.3, 0.4) is 0 Å². The maximum absolute atomic E-state index is 13.4. The van der Waals surface area contributed by atoms with Crippen LogP contribution in [-0.4, -0.2) is 79.7 Å². The zero-order valence-electron chi connectivity index (χ0n) is 22.3. The van der Waals surface area contributed by atoms with Crippen LogP contribution in [0, 0.1) is 5.92 Å². The Morgan fingerprint density at radius 2 is 1.86 bits per heavy atom. The van der Waals surface area contributed by atoms with E-state index in [4.69, 9.17) is 9.47 Å². The summed E-state index contributed by atoms with van der Waals surface area (Å²) in [5, 5.41) is 6.05. The molecule has 1 saturated carbocycles. The van der Waals surface area contributed by atoms with E-state index < -0.39 is 0 Å². The summed E-state index contributed by atoms with van der Waals surface area (Å²) in [5.41, 5.74) is 0.899. The maximum Gasteiger partial charge on any atom is 0.317 e. The van der Waals surface area contributed by atoms with Gasteiger partial charge in [-0.15, -0.1) is 0 Å². The number of nitrogens with zero attached hydrogens (tertiary/aromatic N) is 2. The second kappa shape index (κ2) is 12.9. The minimum absolute atomic E-state index is 0.0149. The number of amides is 4. The Bertz CT molecular complexity index is 917. The summed E-state index contributed by atoms with van der Waals surface area (Å²) in [6.07, 6.45) is 5.61. The molecule has 9 heteroatoms. The molecule has 9 nitrogen and oxygen atoms in total. The van der Waals surface area contributed by atoms with Crippen molar-refractivity contribution in [2.24, 2.45) is 5.92 Å². The van der Waals surface area contributed by atoms with Gasteiger partial charge in [-0.2, -0.15) is 0 Å². The quantitative estimate of drug-likeness (QED) is 0.651. The van der Waals surface area contributed by atoms with Crippen LogP contribution in [0.5, 0.6) is 5.75 Å². The van der Waals surface area contributed by atoms with Crippen LogP contribution < -0.4 is 15.4 Å². The van der Waals surface area contributed by atoms with Crippen molar-refractivity contribution in [2.45, 2.75) is 77.5 Å². The van der Waals surface area contributed by atoms with Crippen LogP contribution >= 0.6 is 0 Å². The third kappa shape index (κ3) is 7.12. The number of rotatable bonds is 4. The number of ether oxygens (including phenoxy) is 2. The van der Waals surface area contributed by atoms with Gasteiger partial charge in [-0.25, -0.2) is 4.79 Å². The van der Waals surface area contributed by atoms with Crippen molar-refractivity contribution in [1.29, 1.82) is 0 Å². The predicted octanol–water partition coefficient (Wildman–Crippen LogP) is 3.88. The largest absolute Gasteiger partial charge is 0.491 e. The van der Waals surface area contributed by atoms with Gasteiger partial charge in [0.2, 0.25) is 5.91 Å². The predicted molar refractivity (Wildman–Crippen MR) is 139 cm³/mol. The van der Waals surface area contributed by atoms with Crippen molar-refractivity contribution in [2.75, 3.05) is 39.2 Å². The summed E-state index contributed by atoms with van der Waals surface area (Å²) in [6, 6.07) is 4.97. The van der Waals surface area contributed by atoms with Crippen molar-refractivity contribution in [1.82, 2.24) is 15.1 Å². The highest BCUT2D eigenvalue weighted by Crippen LogP contribution is 2.27. The van der Waals surface area contributed by atoms with Crippen LogP contribution in [0.2, 0.25) is 0 Å². The normalized spacial score (nSPS) is 24.1. The van der Waals surface area contributed by atoms with Crippen molar-refractivity contribution in [3.05, 3.63) is 23.8 Å². The number of carbonyl (C=O) groups excluding carboxylic acids is 3. The maximum atomic E-state index is 13.4. The van der Waals surface area contributed by atoms with Gasteiger partial charge < -0.3 is 29.9 Å². The van der Waals surface area contributed by atoms with Crippen molar-refractivity contribution in [3.8, 4) is 5.75 Å². The van der Waals surface area contributed by atoms with Gasteiger partial charge in [0.05, 0.1) is 17.7 Å². The molecule has 0 radical (unpaired) electrons. The van der Waals surface area contributed by atoms with E-state index in [1.807, 2.05) is 18.7 Å². The molecule has 3 atom stereocenters. The fraction of sp³-hybridized carbons (Fsp3) is 0.667. The first kappa shape index (κ1) is 27.8. The molecule has 1 fully saturated rings. The summed E-state index contributed by atoms with van der Waals surface area (Å²) in [7, 11) is 3.36. The number of benzene rings is 1. The van der Waals surface area contributed by atoms with Crippen LogP contribution in [0.15, 0.2) is 18.2 Å². The van der Waals surface area contributed by atoms with Crippen molar-refractivity contribution in [3.63, 3.8) is 0 Å². The summed E-state index contributed by atoms with van der Waals surface area (Å²) in [5.74, 6) is 0.0561. The number of hydrogen-bond donors (Lipinski definition) is 2. The van der Waals surface area contributed by atoms with Crippen molar-refractivity contribution < 1.29 is 23.9 Å². The first-order valence-electron chi connectivity index (χ1n) is 13.2. The number of hydrogen-bond acceptors (Lipinski definition) is 5. The monoisotopic (exact) mass is 502 g/mol. The van der Waals surface area contributed by atoms with Gasteiger partial charge in [0.1, 0.15) is 12.4 Å². The molecular weight excluding hydrogens is 460 g/mol. The van der Waals surface area contributed by atoms with E-state index in [0.717, 1.165) is 25.7 Å². The zero-order chi connectivity index (χ0) is 26.2. The van der Waals surface area contributed by atoms with E-state index in [1.165, 1.54) is 6.42 Å². The SMILES string of the molecule is CCC(=O)Nc1ccc2c(c1)C(=O)N(C)C[C@@H](OC)[C@H](C)CN(C(=O)NC1CCCCC1)[C@H](C)CO2. The lowest BCUT2D eigenvalue weighted by molar-refractivity contribution is -0.115. The molecule has 200 valence electrons. The molecule has 3 rings (SSSR count). The standard InChI is InChI=1S/C27H42N4O5/c1-6-25(32)28-21-12-13-23-22(14-21)26(33)30(4)16-24(35-5)18(2)15-31(19(3)17-36-23)27(34)29-20-10-8-7-9-11-20/h12-14,18-20,24H,6-11,15-17H2,1-5H3,(H,28,32)(H,29,34)/t18-,19-,24-/m1/s1. The lowest BCUT2D eigenvalue weighted by Gasteiger charge is -2.37. The average Bonchev–Trinajstić information content (AvgIpc) is 2.88. The Balaban J connectivity index is 1.89. The van der Waals surface area contributed by atoms with Crippen LogP contribution in [0.1, 0.15) is 69.7 Å². The molecule has 0 spiro atoms. The molecule has 36 heavy (non-hydrogen) atoms. The Labute approximate surface area is 214 Å². The lowest BCUT2D eigenvalue weighted by Crippen LogP contribution is -2.53. The number of likely N-dealkylation sites (N-methyl/N-ethyl adjacent to an activating group) is 1. The molecule has 2 N–H and O–H groups in total. The topological polar surface area (TPSA) is 100 Å². The van der Waals surface area contributed by atoms with Gasteiger partial charge in [0, 0.05) is 51.3 Å². The van der Waals surface area contributed by atoms with Gasteiger partial charge >= 0.3 is 6.03 Å². The van der Waals surface area contributed by atoms with E-state index >= 15 is 0 Å². The Morgan fingerprint density at radius 3 is 2.53 bits per heavy atom. The van der Waals surface area contributed by atoms with Gasteiger partial charge in [-0.3, -0.25) is 9.59 Å². The number of methoxy groups -OCH3 is 1. The zero-order valence-corrected chi connectivity index (χ0v) is 22.3. The van der Waals surface area contributed by atoms with Crippen LogP contribution in [0.4, 0.5) is 10.5 Å². The summed E-state index contributed by atoms with van der Waals surface area (Å²) >= 11 is 0. The highest BCUT2D eigenvalue weighted by atomic mass is 16.5. The fourth-order valence-corrected chi connectivity index (χ4v) is 4.89. The second-order valence-corrected chi connectivity index (χ2v) is 10.1. The number of anilines is 1. The fourth-order valence-electron chi connectivity index (χ4n) is 4.89. The number of fused-ring (bicyclic) bond motifs is 1. The van der Waals surface area contributed by atoms with Crippen molar-refractivity contribution >= 4 is 23.5 Å². The average molecular weight is 503 g/mol. The molecule has 1 aromatic carbocycles.